The van der Waals surface area contributed by atoms with Crippen LogP contribution in [-0.4, -0.2) is 11.1 Å². The van der Waals surface area contributed by atoms with Crippen LogP contribution in [0.25, 0.3) is 0 Å². The van der Waals surface area contributed by atoms with Crippen molar-refractivity contribution < 1.29 is 9.90 Å². The third-order valence-electron chi connectivity index (χ3n) is 8.16. The second-order valence-corrected chi connectivity index (χ2v) is 10.8. The highest BCUT2D eigenvalue weighted by atomic mass is 16.4. The topological polar surface area (TPSA) is 37.3 Å². The minimum absolute atomic E-state index is 0.308. The Morgan fingerprint density at radius 3 is 2.25 bits per heavy atom. The molecule has 0 aliphatic heterocycles. The van der Waals surface area contributed by atoms with E-state index in [1.807, 2.05) is 0 Å². The number of carboxylic acids is 1. The molecule has 1 fully saturated rings. The van der Waals surface area contributed by atoms with Crippen LogP contribution in [0.4, 0.5) is 0 Å². The molecule has 0 amide bonds. The van der Waals surface area contributed by atoms with Gasteiger partial charge in [-0.15, -0.1) is 0 Å². The van der Waals surface area contributed by atoms with E-state index in [1.54, 1.807) is 0 Å². The van der Waals surface area contributed by atoms with E-state index in [4.69, 9.17) is 0 Å². The van der Waals surface area contributed by atoms with Crippen molar-refractivity contribution in [3.8, 4) is 0 Å². The van der Waals surface area contributed by atoms with Gasteiger partial charge in [0.05, 0.1) is 5.41 Å². The zero-order valence-corrected chi connectivity index (χ0v) is 21.3. The molecular formula is C30H50O2. The summed E-state index contributed by atoms with van der Waals surface area (Å²) in [5.74, 6) is 0.819. The molecule has 0 radical (unpaired) electrons. The number of hydrogen-bond donors (Lipinski definition) is 1. The molecule has 1 saturated carbocycles. The summed E-state index contributed by atoms with van der Waals surface area (Å²) in [6.45, 7) is 6.82. The third-order valence-corrected chi connectivity index (χ3v) is 8.16. The number of benzene rings is 1. The number of hydrogen-bond acceptors (Lipinski definition) is 1. The number of aliphatic carboxylic acids is 1. The first kappa shape index (κ1) is 26.9. The average molecular weight is 443 g/mol. The summed E-state index contributed by atoms with van der Waals surface area (Å²) in [7, 11) is 0. The van der Waals surface area contributed by atoms with Crippen LogP contribution >= 0.6 is 0 Å². The second-order valence-electron chi connectivity index (χ2n) is 10.8. The lowest BCUT2D eigenvalue weighted by molar-refractivity contribution is -0.158. The number of carbonyl (C=O) groups is 1. The average Bonchev–Trinajstić information content (AvgIpc) is 2.80. The molecule has 0 aromatic heterocycles. The van der Waals surface area contributed by atoms with Gasteiger partial charge in [-0.25, -0.2) is 0 Å². The molecule has 4 atom stereocenters. The molecule has 2 rings (SSSR count). The molecule has 1 aromatic carbocycles. The summed E-state index contributed by atoms with van der Waals surface area (Å²) in [6.07, 6.45) is 18.9. The molecule has 1 aromatic rings. The van der Waals surface area contributed by atoms with Crippen LogP contribution < -0.4 is 0 Å². The van der Waals surface area contributed by atoms with Gasteiger partial charge in [-0.2, -0.15) is 0 Å². The largest absolute Gasteiger partial charge is 0.481 e. The van der Waals surface area contributed by atoms with Crippen LogP contribution in [0.3, 0.4) is 0 Å². The molecule has 0 heterocycles. The van der Waals surface area contributed by atoms with E-state index < -0.39 is 11.4 Å². The number of rotatable bonds is 16. The molecule has 32 heavy (non-hydrogen) atoms. The van der Waals surface area contributed by atoms with E-state index >= 15 is 0 Å². The minimum Gasteiger partial charge on any atom is -0.481 e. The SMILES string of the molecule is CCCCCCCCC(C)CC1(C(=O)O)CCC(c2ccccc2)CC1CCCCCC. The van der Waals surface area contributed by atoms with E-state index in [9.17, 15) is 9.90 Å². The van der Waals surface area contributed by atoms with Gasteiger partial charge in [-0.05, 0) is 55.4 Å². The van der Waals surface area contributed by atoms with Crippen LogP contribution in [0.5, 0.6) is 0 Å². The van der Waals surface area contributed by atoms with Crippen LogP contribution in [0.15, 0.2) is 30.3 Å². The Morgan fingerprint density at radius 2 is 1.59 bits per heavy atom. The predicted molar refractivity (Wildman–Crippen MR) is 137 cm³/mol. The normalized spacial score (nSPS) is 24.3. The quantitative estimate of drug-likeness (QED) is 0.259. The minimum atomic E-state index is -0.515. The van der Waals surface area contributed by atoms with E-state index in [0.29, 0.717) is 17.8 Å². The van der Waals surface area contributed by atoms with Crippen molar-refractivity contribution in [2.24, 2.45) is 17.3 Å². The summed E-state index contributed by atoms with van der Waals surface area (Å²) < 4.78 is 0. The van der Waals surface area contributed by atoms with Gasteiger partial charge in [0.25, 0.3) is 0 Å². The van der Waals surface area contributed by atoms with E-state index in [0.717, 1.165) is 32.1 Å². The van der Waals surface area contributed by atoms with Crippen molar-refractivity contribution in [2.75, 3.05) is 0 Å². The summed E-state index contributed by atoms with van der Waals surface area (Å²) in [5.41, 5.74) is 0.893. The lowest BCUT2D eigenvalue weighted by Gasteiger charge is -2.45. The van der Waals surface area contributed by atoms with Crippen LogP contribution in [0.2, 0.25) is 0 Å². The summed E-state index contributed by atoms with van der Waals surface area (Å²) in [5, 5.41) is 10.5. The standard InChI is InChI=1S/C30H50O2/c1-4-6-8-10-11-13-17-25(3)24-30(29(31)32)22-21-27(26-18-14-12-15-19-26)23-28(30)20-16-9-7-5-2/h12,14-15,18-19,25,27-28H,4-11,13,16-17,20-24H2,1-3H3,(H,31,32). The maximum atomic E-state index is 12.8. The predicted octanol–water partition coefficient (Wildman–Crippen LogP) is 9.39. The Labute approximate surface area is 198 Å². The smallest absolute Gasteiger partial charge is 0.309 e. The van der Waals surface area contributed by atoms with Crippen molar-refractivity contribution in [3.05, 3.63) is 35.9 Å². The maximum absolute atomic E-state index is 12.8. The first-order valence-corrected chi connectivity index (χ1v) is 13.8. The summed E-state index contributed by atoms with van der Waals surface area (Å²) >= 11 is 0. The Hall–Kier alpha value is -1.31. The van der Waals surface area contributed by atoms with Crippen LogP contribution in [0.1, 0.15) is 135 Å². The zero-order chi connectivity index (χ0) is 23.2. The van der Waals surface area contributed by atoms with E-state index in [2.05, 4.69) is 51.1 Å². The van der Waals surface area contributed by atoms with Gasteiger partial charge >= 0.3 is 5.97 Å². The molecule has 2 nitrogen and oxygen atoms in total. The van der Waals surface area contributed by atoms with Gasteiger partial charge in [-0.1, -0.05) is 122 Å². The number of unbranched alkanes of at least 4 members (excludes halogenated alkanes) is 8. The van der Waals surface area contributed by atoms with Crippen molar-refractivity contribution in [1.82, 2.24) is 0 Å². The molecular weight excluding hydrogens is 392 g/mol. The van der Waals surface area contributed by atoms with E-state index in [-0.39, 0.29) is 0 Å². The summed E-state index contributed by atoms with van der Waals surface area (Å²) in [4.78, 5) is 12.8. The summed E-state index contributed by atoms with van der Waals surface area (Å²) in [6, 6.07) is 10.8. The Balaban J connectivity index is 2.04. The zero-order valence-electron chi connectivity index (χ0n) is 21.3. The number of carboxylic acid groups (broad SMARTS) is 1. The first-order valence-electron chi connectivity index (χ1n) is 13.8. The van der Waals surface area contributed by atoms with Crippen molar-refractivity contribution >= 4 is 5.97 Å². The second kappa shape index (κ2) is 14.8. The molecule has 1 aliphatic rings. The van der Waals surface area contributed by atoms with Gasteiger partial charge in [0, 0.05) is 0 Å². The third kappa shape index (κ3) is 8.23. The van der Waals surface area contributed by atoms with Gasteiger partial charge in [0.15, 0.2) is 0 Å². The fourth-order valence-corrected chi connectivity index (χ4v) is 6.20. The molecule has 0 bridgehead atoms. The molecule has 1 N–H and O–H groups in total. The van der Waals surface area contributed by atoms with Crippen molar-refractivity contribution in [3.63, 3.8) is 0 Å². The molecule has 2 heteroatoms. The van der Waals surface area contributed by atoms with Gasteiger partial charge < -0.3 is 5.11 Å². The Kier molecular flexibility index (Phi) is 12.4. The van der Waals surface area contributed by atoms with Crippen molar-refractivity contribution in [1.29, 1.82) is 0 Å². The Bertz CT molecular complexity index is 625. The molecule has 182 valence electrons. The highest BCUT2D eigenvalue weighted by Gasteiger charge is 2.49. The fraction of sp³-hybridized carbons (Fsp3) is 0.767. The highest BCUT2D eigenvalue weighted by molar-refractivity contribution is 5.75. The van der Waals surface area contributed by atoms with Gasteiger partial charge in [0.2, 0.25) is 0 Å². The molecule has 1 aliphatic carbocycles. The van der Waals surface area contributed by atoms with Crippen LogP contribution in [0, 0.1) is 17.3 Å². The monoisotopic (exact) mass is 442 g/mol. The fourth-order valence-electron chi connectivity index (χ4n) is 6.20. The molecule has 0 spiro atoms. The lowest BCUT2D eigenvalue weighted by atomic mass is 9.58. The first-order chi connectivity index (χ1) is 15.5. The van der Waals surface area contributed by atoms with Crippen LogP contribution in [-0.2, 0) is 4.79 Å². The van der Waals surface area contributed by atoms with E-state index in [1.165, 1.54) is 76.2 Å². The van der Waals surface area contributed by atoms with Gasteiger partial charge in [0.1, 0.15) is 0 Å². The maximum Gasteiger partial charge on any atom is 0.309 e. The highest BCUT2D eigenvalue weighted by Crippen LogP contribution is 2.52. The molecule has 4 unspecified atom stereocenters. The molecule has 0 saturated heterocycles. The van der Waals surface area contributed by atoms with Gasteiger partial charge in [-0.3, -0.25) is 4.79 Å². The lowest BCUT2D eigenvalue weighted by Crippen LogP contribution is -2.44. The van der Waals surface area contributed by atoms with Crippen molar-refractivity contribution in [2.45, 2.75) is 129 Å². The Morgan fingerprint density at radius 1 is 0.969 bits per heavy atom.